The first-order chi connectivity index (χ1) is 5.73. The Kier molecular flexibility index (Phi) is 3.67. The first kappa shape index (κ1) is 10.1. The van der Waals surface area contributed by atoms with Gasteiger partial charge in [-0.1, -0.05) is 0 Å². The molecule has 0 amide bonds. The molecule has 4 nitrogen and oxygen atoms in total. The summed E-state index contributed by atoms with van der Waals surface area (Å²) in [4.78, 5) is 0. The molecule has 5 heteroatoms. The minimum absolute atomic E-state index is 0.00116. The Morgan fingerprint density at radius 1 is 1.33 bits per heavy atom. The fourth-order valence-corrected chi connectivity index (χ4v) is 3.05. The summed E-state index contributed by atoms with van der Waals surface area (Å²) in [6.45, 7) is 0.781. The Labute approximate surface area is 74.3 Å². The molecule has 1 unspecified atom stereocenters. The van der Waals surface area contributed by atoms with Crippen molar-refractivity contribution in [3.63, 3.8) is 0 Å². The summed E-state index contributed by atoms with van der Waals surface area (Å²) in [6.07, 6.45) is 3.24. The first-order valence-corrected chi connectivity index (χ1v) is 6.21. The lowest BCUT2D eigenvalue weighted by molar-refractivity contribution is 0.0259. The zero-order chi connectivity index (χ0) is 9.03. The highest BCUT2D eigenvalue weighted by atomic mass is 28.4. The maximum Gasteiger partial charge on any atom is 0.452 e. The van der Waals surface area contributed by atoms with E-state index < -0.39 is 8.72 Å². The normalized spacial score (nSPS) is 25.8. The average Bonchev–Trinajstić information content (AvgIpc) is 2.18. The van der Waals surface area contributed by atoms with Crippen LogP contribution in [0.5, 0.6) is 0 Å². The highest BCUT2D eigenvalue weighted by Gasteiger charge is 2.43. The molecule has 1 aliphatic rings. The maximum atomic E-state index is 5.94. The van der Waals surface area contributed by atoms with Crippen LogP contribution in [0, 0.1) is 0 Å². The molecule has 1 rings (SSSR count). The Morgan fingerprint density at radius 3 is 2.42 bits per heavy atom. The number of nitrogens with two attached hydrogens (primary N) is 1. The Morgan fingerprint density at radius 2 is 2.00 bits per heavy atom. The molecule has 1 heterocycles. The zero-order valence-electron chi connectivity index (χ0n) is 7.71. The Bertz CT molecular complexity index is 135. The van der Waals surface area contributed by atoms with E-state index >= 15 is 0 Å². The minimum Gasteiger partial charge on any atom is -0.385 e. The molecule has 0 aliphatic carbocycles. The lowest BCUT2D eigenvalue weighted by Gasteiger charge is -2.32. The van der Waals surface area contributed by atoms with Gasteiger partial charge in [0, 0.05) is 20.8 Å². The number of hydrogen-bond acceptors (Lipinski definition) is 4. The third kappa shape index (κ3) is 2.05. The predicted molar refractivity (Wildman–Crippen MR) is 47.6 cm³/mol. The first-order valence-electron chi connectivity index (χ1n) is 4.23. The van der Waals surface area contributed by atoms with Gasteiger partial charge in [0.1, 0.15) is 5.73 Å². The van der Waals surface area contributed by atoms with Crippen LogP contribution in [-0.4, -0.2) is 35.3 Å². The highest BCUT2D eigenvalue weighted by molar-refractivity contribution is 6.65. The highest BCUT2D eigenvalue weighted by Crippen LogP contribution is 2.19. The standard InChI is InChI=1S/C7H17NO3Si/c1-9-12(8,10-2)7-5-3-4-6-11-7/h7H,3-6,8H2,1-2H3. The quantitative estimate of drug-likeness (QED) is 0.651. The summed E-state index contributed by atoms with van der Waals surface area (Å²) in [5.74, 6) is 0. The topological polar surface area (TPSA) is 53.7 Å². The van der Waals surface area contributed by atoms with E-state index in [-0.39, 0.29) is 5.73 Å². The van der Waals surface area contributed by atoms with Crippen molar-refractivity contribution in [2.24, 2.45) is 5.40 Å². The zero-order valence-corrected chi connectivity index (χ0v) is 8.71. The van der Waals surface area contributed by atoms with Crippen molar-refractivity contribution in [2.45, 2.75) is 25.0 Å². The molecule has 1 saturated heterocycles. The average molecular weight is 191 g/mol. The lowest BCUT2D eigenvalue weighted by atomic mass is 10.2. The van der Waals surface area contributed by atoms with Crippen molar-refractivity contribution in [3.05, 3.63) is 0 Å². The minimum atomic E-state index is -2.52. The van der Waals surface area contributed by atoms with E-state index in [4.69, 9.17) is 19.0 Å². The molecule has 0 aromatic heterocycles. The van der Waals surface area contributed by atoms with Crippen LogP contribution >= 0.6 is 0 Å². The summed E-state index contributed by atoms with van der Waals surface area (Å²) in [5, 5.41) is 5.94. The van der Waals surface area contributed by atoms with Crippen molar-refractivity contribution in [1.29, 1.82) is 0 Å². The predicted octanol–water partition coefficient (Wildman–Crippen LogP) is 0.285. The van der Waals surface area contributed by atoms with Crippen molar-refractivity contribution < 1.29 is 13.6 Å². The molecule has 1 aliphatic heterocycles. The van der Waals surface area contributed by atoms with Gasteiger partial charge in [0.25, 0.3) is 0 Å². The van der Waals surface area contributed by atoms with Crippen molar-refractivity contribution >= 4 is 8.72 Å². The van der Waals surface area contributed by atoms with Gasteiger partial charge in [-0.15, -0.1) is 0 Å². The molecular weight excluding hydrogens is 174 g/mol. The van der Waals surface area contributed by atoms with Gasteiger partial charge in [-0.25, -0.2) is 0 Å². The van der Waals surface area contributed by atoms with Gasteiger partial charge in [0.15, 0.2) is 0 Å². The van der Waals surface area contributed by atoms with Gasteiger partial charge >= 0.3 is 8.72 Å². The molecule has 12 heavy (non-hydrogen) atoms. The van der Waals surface area contributed by atoms with Gasteiger partial charge in [-0.3, -0.25) is 0 Å². The van der Waals surface area contributed by atoms with Gasteiger partial charge in [0.05, 0.1) is 0 Å². The van der Waals surface area contributed by atoms with Crippen LogP contribution in [0.2, 0.25) is 0 Å². The van der Waals surface area contributed by atoms with Crippen LogP contribution in [0.4, 0.5) is 0 Å². The second kappa shape index (κ2) is 4.34. The largest absolute Gasteiger partial charge is 0.452 e. The summed E-state index contributed by atoms with van der Waals surface area (Å²) in [6, 6.07) is 0. The van der Waals surface area contributed by atoms with Crippen molar-refractivity contribution in [3.8, 4) is 0 Å². The molecule has 72 valence electrons. The van der Waals surface area contributed by atoms with Crippen LogP contribution in [0.15, 0.2) is 0 Å². The van der Waals surface area contributed by atoms with Crippen LogP contribution < -0.4 is 5.40 Å². The number of ether oxygens (including phenoxy) is 1. The summed E-state index contributed by atoms with van der Waals surface area (Å²) in [7, 11) is 0.663. The van der Waals surface area contributed by atoms with Crippen LogP contribution in [0.1, 0.15) is 19.3 Å². The molecule has 0 spiro atoms. The summed E-state index contributed by atoms with van der Waals surface area (Å²) < 4.78 is 15.9. The van der Waals surface area contributed by atoms with Crippen LogP contribution in [0.25, 0.3) is 0 Å². The van der Waals surface area contributed by atoms with E-state index in [1.54, 1.807) is 14.2 Å². The number of hydrogen-bond donors (Lipinski definition) is 1. The number of rotatable bonds is 3. The van der Waals surface area contributed by atoms with Gasteiger partial charge < -0.3 is 19.0 Å². The van der Waals surface area contributed by atoms with Crippen molar-refractivity contribution in [2.75, 3.05) is 20.8 Å². The van der Waals surface area contributed by atoms with E-state index in [1.165, 1.54) is 0 Å². The fourth-order valence-electron chi connectivity index (χ4n) is 1.40. The fraction of sp³-hybridized carbons (Fsp3) is 1.00. The summed E-state index contributed by atoms with van der Waals surface area (Å²) in [5.41, 5.74) is 0.00116. The Balaban J connectivity index is 2.51. The van der Waals surface area contributed by atoms with E-state index in [1.807, 2.05) is 0 Å². The molecule has 1 fully saturated rings. The molecule has 0 aromatic carbocycles. The second-order valence-electron chi connectivity index (χ2n) is 2.98. The molecule has 2 N–H and O–H groups in total. The van der Waals surface area contributed by atoms with Crippen LogP contribution in [0.3, 0.4) is 0 Å². The smallest absolute Gasteiger partial charge is 0.385 e. The van der Waals surface area contributed by atoms with E-state index in [0.717, 1.165) is 25.9 Å². The van der Waals surface area contributed by atoms with E-state index in [9.17, 15) is 0 Å². The second-order valence-corrected chi connectivity index (χ2v) is 5.89. The van der Waals surface area contributed by atoms with Gasteiger partial charge in [-0.2, -0.15) is 0 Å². The molecular formula is C7H17NO3Si. The van der Waals surface area contributed by atoms with Crippen molar-refractivity contribution in [1.82, 2.24) is 0 Å². The third-order valence-corrected chi connectivity index (χ3v) is 4.90. The van der Waals surface area contributed by atoms with Gasteiger partial charge in [-0.05, 0) is 19.3 Å². The molecule has 0 radical (unpaired) electrons. The van der Waals surface area contributed by atoms with E-state index in [2.05, 4.69) is 0 Å². The van der Waals surface area contributed by atoms with Gasteiger partial charge in [0.2, 0.25) is 0 Å². The Hall–Kier alpha value is 0.0569. The van der Waals surface area contributed by atoms with E-state index in [0.29, 0.717) is 0 Å². The molecule has 1 atom stereocenters. The van der Waals surface area contributed by atoms with Crippen LogP contribution in [-0.2, 0) is 13.6 Å². The maximum absolute atomic E-state index is 5.94. The molecule has 0 bridgehead atoms. The lowest BCUT2D eigenvalue weighted by Crippen LogP contribution is -2.62. The summed E-state index contributed by atoms with van der Waals surface area (Å²) >= 11 is 0. The monoisotopic (exact) mass is 191 g/mol. The molecule has 0 aromatic rings. The third-order valence-electron chi connectivity index (χ3n) is 2.27. The SMILES string of the molecule is CO[Si](N)(OC)C1CCCCO1. The molecule has 0 saturated carbocycles.